The Morgan fingerprint density at radius 2 is 1.95 bits per heavy atom. The van der Waals surface area contributed by atoms with Crippen LogP contribution >= 0.6 is 0 Å². The van der Waals surface area contributed by atoms with Gasteiger partial charge in [-0.3, -0.25) is 0 Å². The van der Waals surface area contributed by atoms with Crippen LogP contribution in [0.5, 0.6) is 5.75 Å². The number of hydrogen-bond donors (Lipinski definition) is 1. The molecule has 1 aromatic rings. The van der Waals surface area contributed by atoms with Gasteiger partial charge in [0.25, 0.3) is 0 Å². The number of benzene rings is 1. The fraction of sp³-hybridized carbons (Fsp3) is 0.647. The summed E-state index contributed by atoms with van der Waals surface area (Å²) in [6.07, 6.45) is 3.86. The Hall–Kier alpha value is -1.06. The van der Waals surface area contributed by atoms with Gasteiger partial charge in [-0.1, -0.05) is 44.9 Å². The second-order valence-corrected chi connectivity index (χ2v) is 5.32. The zero-order valence-corrected chi connectivity index (χ0v) is 13.5. The number of unbranched alkanes of at least 4 members (excludes halogenated alkanes) is 2. The highest BCUT2D eigenvalue weighted by molar-refractivity contribution is 5.36. The predicted molar refractivity (Wildman–Crippen MR) is 86.4 cm³/mol. The van der Waals surface area contributed by atoms with Crippen LogP contribution in [0.3, 0.4) is 0 Å². The van der Waals surface area contributed by atoms with Crippen LogP contribution in [0.4, 0.5) is 0 Å². The molecular formula is C17H30N2O. The van der Waals surface area contributed by atoms with Crippen molar-refractivity contribution >= 4 is 0 Å². The van der Waals surface area contributed by atoms with Crippen molar-refractivity contribution in [2.24, 2.45) is 0 Å². The molecule has 0 bridgehead atoms. The summed E-state index contributed by atoms with van der Waals surface area (Å²) >= 11 is 0. The summed E-state index contributed by atoms with van der Waals surface area (Å²) < 4.78 is 5.49. The summed E-state index contributed by atoms with van der Waals surface area (Å²) in [5.74, 6) is 0.973. The van der Waals surface area contributed by atoms with Crippen LogP contribution in [-0.2, 0) is 0 Å². The van der Waals surface area contributed by atoms with Crippen LogP contribution in [0, 0.1) is 0 Å². The number of ether oxygens (including phenoxy) is 1. The SMILES string of the molecule is CCCCCN(C)CC(NCC)c1ccccc1OC. The van der Waals surface area contributed by atoms with E-state index in [-0.39, 0.29) is 0 Å². The first kappa shape index (κ1) is 17.0. The maximum Gasteiger partial charge on any atom is 0.123 e. The second kappa shape index (κ2) is 9.78. The van der Waals surface area contributed by atoms with Crippen LogP contribution in [-0.4, -0.2) is 38.7 Å². The van der Waals surface area contributed by atoms with Crippen molar-refractivity contribution in [3.05, 3.63) is 29.8 Å². The van der Waals surface area contributed by atoms with Crippen molar-refractivity contribution in [2.75, 3.05) is 33.8 Å². The minimum Gasteiger partial charge on any atom is -0.496 e. The molecule has 1 unspecified atom stereocenters. The third-order valence-electron chi connectivity index (χ3n) is 3.60. The molecule has 0 heterocycles. The zero-order valence-electron chi connectivity index (χ0n) is 13.5. The lowest BCUT2D eigenvalue weighted by Crippen LogP contribution is -2.33. The molecule has 1 atom stereocenters. The lowest BCUT2D eigenvalue weighted by molar-refractivity contribution is 0.282. The van der Waals surface area contributed by atoms with Gasteiger partial charge in [0, 0.05) is 18.2 Å². The smallest absolute Gasteiger partial charge is 0.123 e. The molecule has 0 aliphatic heterocycles. The highest BCUT2D eigenvalue weighted by Gasteiger charge is 2.16. The van der Waals surface area contributed by atoms with Crippen LogP contribution in [0.2, 0.25) is 0 Å². The molecule has 0 saturated heterocycles. The molecule has 0 saturated carbocycles. The topological polar surface area (TPSA) is 24.5 Å². The fourth-order valence-corrected chi connectivity index (χ4v) is 2.51. The Kier molecular flexibility index (Phi) is 8.31. The lowest BCUT2D eigenvalue weighted by atomic mass is 10.0. The number of nitrogens with one attached hydrogen (secondary N) is 1. The second-order valence-electron chi connectivity index (χ2n) is 5.32. The quantitative estimate of drug-likeness (QED) is 0.663. The van der Waals surface area contributed by atoms with Crippen LogP contribution < -0.4 is 10.1 Å². The van der Waals surface area contributed by atoms with E-state index in [0.717, 1.165) is 25.4 Å². The lowest BCUT2D eigenvalue weighted by Gasteiger charge is -2.26. The molecule has 0 amide bonds. The van der Waals surface area contributed by atoms with Gasteiger partial charge in [0.05, 0.1) is 7.11 Å². The molecule has 0 radical (unpaired) electrons. The predicted octanol–water partition coefficient (Wildman–Crippen LogP) is 3.47. The van der Waals surface area contributed by atoms with Gasteiger partial charge in [-0.05, 0) is 32.6 Å². The molecule has 0 fully saturated rings. The van der Waals surface area contributed by atoms with Gasteiger partial charge < -0.3 is 15.0 Å². The van der Waals surface area contributed by atoms with Crippen molar-refractivity contribution in [1.82, 2.24) is 10.2 Å². The third kappa shape index (κ3) is 5.51. The summed E-state index contributed by atoms with van der Waals surface area (Å²) in [4.78, 5) is 2.41. The molecule has 0 aliphatic carbocycles. The minimum atomic E-state index is 0.322. The van der Waals surface area contributed by atoms with E-state index in [1.165, 1.54) is 24.8 Å². The van der Waals surface area contributed by atoms with E-state index in [1.807, 2.05) is 12.1 Å². The van der Waals surface area contributed by atoms with Crippen molar-refractivity contribution < 1.29 is 4.74 Å². The molecule has 0 spiro atoms. The number of hydrogen-bond acceptors (Lipinski definition) is 3. The molecule has 1 aromatic carbocycles. The Balaban J connectivity index is 2.68. The monoisotopic (exact) mass is 278 g/mol. The number of para-hydroxylation sites is 1. The average molecular weight is 278 g/mol. The van der Waals surface area contributed by atoms with Crippen LogP contribution in [0.15, 0.2) is 24.3 Å². The van der Waals surface area contributed by atoms with Crippen molar-refractivity contribution in [1.29, 1.82) is 0 Å². The van der Waals surface area contributed by atoms with E-state index in [0.29, 0.717) is 6.04 Å². The van der Waals surface area contributed by atoms with Gasteiger partial charge in [0.1, 0.15) is 5.75 Å². The maximum absolute atomic E-state index is 5.49. The van der Waals surface area contributed by atoms with E-state index in [2.05, 4.69) is 43.2 Å². The highest BCUT2D eigenvalue weighted by Crippen LogP contribution is 2.25. The van der Waals surface area contributed by atoms with E-state index < -0.39 is 0 Å². The van der Waals surface area contributed by atoms with Gasteiger partial charge in [0.15, 0.2) is 0 Å². The summed E-state index contributed by atoms with van der Waals surface area (Å²) in [6.45, 7) is 7.53. The standard InChI is InChI=1S/C17H30N2O/c1-5-7-10-13-19(3)14-16(18-6-2)15-11-8-9-12-17(15)20-4/h8-9,11-12,16,18H,5-7,10,13-14H2,1-4H3. The number of methoxy groups -OCH3 is 1. The summed E-state index contributed by atoms with van der Waals surface area (Å²) in [7, 11) is 3.95. The van der Waals surface area contributed by atoms with E-state index in [9.17, 15) is 0 Å². The fourth-order valence-electron chi connectivity index (χ4n) is 2.51. The van der Waals surface area contributed by atoms with Crippen molar-refractivity contribution in [3.8, 4) is 5.75 Å². The van der Waals surface area contributed by atoms with E-state index in [4.69, 9.17) is 4.74 Å². The Bertz CT molecular complexity index is 368. The van der Waals surface area contributed by atoms with Gasteiger partial charge >= 0.3 is 0 Å². The number of rotatable bonds is 10. The van der Waals surface area contributed by atoms with Gasteiger partial charge in [0.2, 0.25) is 0 Å². The van der Waals surface area contributed by atoms with Crippen LogP contribution in [0.25, 0.3) is 0 Å². The molecule has 20 heavy (non-hydrogen) atoms. The first-order valence-corrected chi connectivity index (χ1v) is 7.77. The summed E-state index contributed by atoms with van der Waals surface area (Å²) in [5, 5.41) is 3.57. The van der Waals surface area contributed by atoms with Gasteiger partial charge in [-0.15, -0.1) is 0 Å². The number of nitrogens with zero attached hydrogens (tertiary/aromatic N) is 1. The maximum atomic E-state index is 5.49. The van der Waals surface area contributed by atoms with E-state index >= 15 is 0 Å². The molecule has 3 nitrogen and oxygen atoms in total. The molecule has 1 rings (SSSR count). The minimum absolute atomic E-state index is 0.322. The molecule has 114 valence electrons. The first-order chi connectivity index (χ1) is 9.72. The Labute approximate surface area is 124 Å². The molecule has 0 aliphatic rings. The molecule has 1 N–H and O–H groups in total. The van der Waals surface area contributed by atoms with Crippen molar-refractivity contribution in [2.45, 2.75) is 39.2 Å². The highest BCUT2D eigenvalue weighted by atomic mass is 16.5. The Morgan fingerprint density at radius 1 is 1.20 bits per heavy atom. The molecule has 0 aromatic heterocycles. The van der Waals surface area contributed by atoms with Crippen molar-refractivity contribution in [3.63, 3.8) is 0 Å². The van der Waals surface area contributed by atoms with Crippen LogP contribution in [0.1, 0.15) is 44.7 Å². The molecular weight excluding hydrogens is 248 g/mol. The van der Waals surface area contributed by atoms with E-state index in [1.54, 1.807) is 7.11 Å². The Morgan fingerprint density at radius 3 is 2.60 bits per heavy atom. The third-order valence-corrected chi connectivity index (χ3v) is 3.60. The molecule has 3 heteroatoms. The average Bonchev–Trinajstić information content (AvgIpc) is 2.47. The normalized spacial score (nSPS) is 12.7. The first-order valence-electron chi connectivity index (χ1n) is 7.77. The van der Waals surface area contributed by atoms with Gasteiger partial charge in [-0.25, -0.2) is 0 Å². The summed E-state index contributed by atoms with van der Waals surface area (Å²) in [5.41, 5.74) is 1.25. The number of likely N-dealkylation sites (N-methyl/N-ethyl adjacent to an activating group) is 2. The largest absolute Gasteiger partial charge is 0.496 e. The van der Waals surface area contributed by atoms with Gasteiger partial charge in [-0.2, -0.15) is 0 Å². The summed E-state index contributed by atoms with van der Waals surface area (Å²) in [6, 6.07) is 8.63. The zero-order chi connectivity index (χ0) is 14.8.